The summed E-state index contributed by atoms with van der Waals surface area (Å²) in [6, 6.07) is 7.19. The number of hydrogen-bond donors (Lipinski definition) is 2. The van der Waals surface area contributed by atoms with Crippen LogP contribution in [0.4, 0.5) is 0 Å². The fraction of sp³-hybridized carbons (Fsp3) is 0.474. The number of carbonyl (C=O) groups excluding carboxylic acids is 1. The maximum absolute atomic E-state index is 12.6. The highest BCUT2D eigenvalue weighted by Crippen LogP contribution is 2.32. The van der Waals surface area contributed by atoms with Gasteiger partial charge < -0.3 is 19.7 Å². The van der Waals surface area contributed by atoms with Crippen LogP contribution < -0.4 is 10.1 Å². The van der Waals surface area contributed by atoms with Crippen LogP contribution in [0.3, 0.4) is 0 Å². The third kappa shape index (κ3) is 4.02. The highest BCUT2D eigenvalue weighted by molar-refractivity contribution is 5.78. The van der Waals surface area contributed by atoms with Gasteiger partial charge in [0.15, 0.2) is 0 Å². The molecule has 1 aromatic carbocycles. The molecule has 3 rings (SSSR count). The fourth-order valence-electron chi connectivity index (χ4n) is 3.47. The van der Waals surface area contributed by atoms with Gasteiger partial charge >= 0.3 is 0 Å². The summed E-state index contributed by atoms with van der Waals surface area (Å²) in [6.07, 6.45) is 7.03. The fourth-order valence-corrected chi connectivity index (χ4v) is 3.47. The van der Waals surface area contributed by atoms with Gasteiger partial charge in [-0.1, -0.05) is 25.0 Å². The van der Waals surface area contributed by atoms with Crippen molar-refractivity contribution in [2.75, 3.05) is 7.11 Å². The zero-order valence-electron chi connectivity index (χ0n) is 14.7. The zero-order chi connectivity index (χ0) is 17.9. The standard InChI is InChI=1S/C19H25N3O3/c1-22-12-11-20-18(22)17(14-5-7-15(25-2)8-6-14)21-16(23)13-19(24)9-3-4-10-19/h5-8,11-12,17,24H,3-4,9-10,13H2,1-2H3,(H,21,23). The first kappa shape index (κ1) is 17.5. The molecule has 2 N–H and O–H groups in total. The SMILES string of the molecule is COc1ccc(C(NC(=O)CC2(O)CCCC2)c2nccn2C)cc1. The van der Waals surface area contributed by atoms with E-state index in [1.54, 1.807) is 13.3 Å². The van der Waals surface area contributed by atoms with Gasteiger partial charge in [-0.25, -0.2) is 4.98 Å². The van der Waals surface area contributed by atoms with E-state index in [0.29, 0.717) is 12.8 Å². The Balaban J connectivity index is 1.81. The van der Waals surface area contributed by atoms with Crippen LogP contribution in [0.5, 0.6) is 5.75 Å². The normalized spacial score (nSPS) is 17.2. The van der Waals surface area contributed by atoms with Gasteiger partial charge in [0.25, 0.3) is 0 Å². The number of aryl methyl sites for hydroxylation is 1. The van der Waals surface area contributed by atoms with Crippen LogP contribution in [0, 0.1) is 0 Å². The number of nitrogens with zero attached hydrogens (tertiary/aromatic N) is 2. The minimum absolute atomic E-state index is 0.129. The first-order valence-corrected chi connectivity index (χ1v) is 8.64. The quantitative estimate of drug-likeness (QED) is 0.844. The van der Waals surface area contributed by atoms with Crippen molar-refractivity contribution in [1.82, 2.24) is 14.9 Å². The Morgan fingerprint density at radius 1 is 1.36 bits per heavy atom. The molecule has 1 atom stereocenters. The maximum atomic E-state index is 12.6. The molecule has 0 aliphatic heterocycles. The lowest BCUT2D eigenvalue weighted by Gasteiger charge is -2.24. The van der Waals surface area contributed by atoms with Crippen molar-refractivity contribution in [3.05, 3.63) is 48.0 Å². The molecular weight excluding hydrogens is 318 g/mol. The number of aromatic nitrogens is 2. The third-order valence-electron chi connectivity index (χ3n) is 4.89. The number of ether oxygens (including phenoxy) is 1. The molecule has 6 nitrogen and oxygen atoms in total. The first-order valence-electron chi connectivity index (χ1n) is 8.64. The Bertz CT molecular complexity index is 718. The Kier molecular flexibility index (Phi) is 5.08. The summed E-state index contributed by atoms with van der Waals surface area (Å²) in [5, 5.41) is 13.5. The van der Waals surface area contributed by atoms with Gasteiger partial charge in [0.05, 0.1) is 19.1 Å². The third-order valence-corrected chi connectivity index (χ3v) is 4.89. The van der Waals surface area contributed by atoms with Crippen molar-refractivity contribution in [3.8, 4) is 5.75 Å². The van der Waals surface area contributed by atoms with Crippen molar-refractivity contribution in [2.45, 2.75) is 43.7 Å². The van der Waals surface area contributed by atoms with Crippen LogP contribution in [0.25, 0.3) is 0 Å². The molecule has 1 aliphatic carbocycles. The summed E-state index contributed by atoms with van der Waals surface area (Å²) < 4.78 is 7.09. The number of hydrogen-bond acceptors (Lipinski definition) is 4. The first-order chi connectivity index (χ1) is 12.0. The van der Waals surface area contributed by atoms with Crippen LogP contribution in [-0.2, 0) is 11.8 Å². The molecule has 6 heteroatoms. The molecule has 1 unspecified atom stereocenters. The number of aliphatic hydroxyl groups is 1. The molecule has 1 heterocycles. The van der Waals surface area contributed by atoms with Crippen LogP contribution in [-0.4, -0.2) is 33.3 Å². The lowest BCUT2D eigenvalue weighted by atomic mass is 9.97. The van der Waals surface area contributed by atoms with E-state index in [2.05, 4.69) is 10.3 Å². The summed E-state index contributed by atoms with van der Waals surface area (Å²) in [5.74, 6) is 1.35. The molecule has 25 heavy (non-hydrogen) atoms. The highest BCUT2D eigenvalue weighted by atomic mass is 16.5. The molecule has 0 radical (unpaired) electrons. The Labute approximate surface area is 147 Å². The van der Waals surface area contributed by atoms with Crippen LogP contribution in [0.2, 0.25) is 0 Å². The summed E-state index contributed by atoms with van der Waals surface area (Å²) in [5.41, 5.74) is 0.0535. The minimum Gasteiger partial charge on any atom is -0.497 e. The zero-order valence-corrected chi connectivity index (χ0v) is 14.7. The molecule has 0 bridgehead atoms. The molecule has 1 fully saturated rings. The summed E-state index contributed by atoms with van der Waals surface area (Å²) in [4.78, 5) is 17.0. The van der Waals surface area contributed by atoms with Gasteiger partial charge in [0.1, 0.15) is 17.6 Å². The van der Waals surface area contributed by atoms with Gasteiger partial charge in [0, 0.05) is 19.4 Å². The molecule has 134 valence electrons. The van der Waals surface area contributed by atoms with E-state index in [1.807, 2.05) is 42.1 Å². The van der Waals surface area contributed by atoms with Crippen molar-refractivity contribution in [1.29, 1.82) is 0 Å². The van der Waals surface area contributed by atoms with Crippen molar-refractivity contribution in [2.24, 2.45) is 7.05 Å². The van der Waals surface area contributed by atoms with Crippen molar-refractivity contribution in [3.63, 3.8) is 0 Å². The lowest BCUT2D eigenvalue weighted by Crippen LogP contribution is -2.37. The lowest BCUT2D eigenvalue weighted by molar-refractivity contribution is -0.126. The predicted octanol–water partition coefficient (Wildman–Crippen LogP) is 2.33. The summed E-state index contributed by atoms with van der Waals surface area (Å²) >= 11 is 0. The number of benzene rings is 1. The van der Waals surface area contributed by atoms with E-state index in [0.717, 1.165) is 30.0 Å². The second-order valence-electron chi connectivity index (χ2n) is 6.78. The molecule has 1 aliphatic rings. The van der Waals surface area contributed by atoms with E-state index < -0.39 is 5.60 Å². The maximum Gasteiger partial charge on any atom is 0.223 e. The second-order valence-corrected chi connectivity index (χ2v) is 6.78. The highest BCUT2D eigenvalue weighted by Gasteiger charge is 2.34. The van der Waals surface area contributed by atoms with Crippen molar-refractivity contribution < 1.29 is 14.6 Å². The smallest absolute Gasteiger partial charge is 0.223 e. The van der Waals surface area contributed by atoms with E-state index in [9.17, 15) is 9.90 Å². The Morgan fingerprint density at radius 3 is 2.60 bits per heavy atom. The van der Waals surface area contributed by atoms with Crippen LogP contribution in [0.15, 0.2) is 36.7 Å². The monoisotopic (exact) mass is 343 g/mol. The number of amides is 1. The number of methoxy groups -OCH3 is 1. The molecule has 0 spiro atoms. The van der Waals surface area contributed by atoms with Gasteiger partial charge in [-0.05, 0) is 30.5 Å². The molecule has 0 saturated heterocycles. The van der Waals surface area contributed by atoms with Crippen LogP contribution >= 0.6 is 0 Å². The molecule has 2 aromatic rings. The number of imidazole rings is 1. The molecule has 1 amide bonds. The molecule has 1 saturated carbocycles. The molecular formula is C19H25N3O3. The number of carbonyl (C=O) groups is 1. The van der Waals surface area contributed by atoms with Gasteiger partial charge in [-0.3, -0.25) is 4.79 Å². The number of nitrogens with one attached hydrogen (secondary N) is 1. The predicted molar refractivity (Wildman–Crippen MR) is 94.2 cm³/mol. The average Bonchev–Trinajstić information content (AvgIpc) is 3.21. The topological polar surface area (TPSA) is 76.4 Å². The largest absolute Gasteiger partial charge is 0.497 e. The van der Waals surface area contributed by atoms with Gasteiger partial charge in [-0.2, -0.15) is 0 Å². The Morgan fingerprint density at radius 2 is 2.04 bits per heavy atom. The molecule has 1 aromatic heterocycles. The van der Waals surface area contributed by atoms with Gasteiger partial charge in [0.2, 0.25) is 5.91 Å². The average molecular weight is 343 g/mol. The summed E-state index contributed by atoms with van der Waals surface area (Å²) in [6.45, 7) is 0. The number of rotatable bonds is 6. The van der Waals surface area contributed by atoms with E-state index >= 15 is 0 Å². The summed E-state index contributed by atoms with van der Waals surface area (Å²) in [7, 11) is 3.52. The van der Waals surface area contributed by atoms with E-state index in [-0.39, 0.29) is 18.4 Å². The van der Waals surface area contributed by atoms with E-state index in [4.69, 9.17) is 4.74 Å². The Hall–Kier alpha value is -2.34. The second kappa shape index (κ2) is 7.27. The van der Waals surface area contributed by atoms with Gasteiger partial charge in [-0.15, -0.1) is 0 Å². The van der Waals surface area contributed by atoms with Crippen LogP contribution in [0.1, 0.15) is 49.5 Å². The van der Waals surface area contributed by atoms with Crippen molar-refractivity contribution >= 4 is 5.91 Å². The minimum atomic E-state index is -0.865. The van der Waals surface area contributed by atoms with E-state index in [1.165, 1.54) is 0 Å².